The first-order valence-electron chi connectivity index (χ1n) is 9.99. The molecular formula is C19H30ClN3O6S. The molecule has 9 nitrogen and oxygen atoms in total. The molecule has 0 bridgehead atoms. The monoisotopic (exact) mass is 463 g/mol. The molecule has 11 heteroatoms. The van der Waals surface area contributed by atoms with Crippen LogP contribution in [0, 0.1) is 0 Å². The lowest BCUT2D eigenvalue weighted by molar-refractivity contribution is -0.134. The van der Waals surface area contributed by atoms with E-state index in [9.17, 15) is 13.2 Å². The van der Waals surface area contributed by atoms with Gasteiger partial charge in [0.1, 0.15) is 0 Å². The summed E-state index contributed by atoms with van der Waals surface area (Å²) in [5, 5.41) is 9.14. The van der Waals surface area contributed by atoms with E-state index in [1.807, 2.05) is 19.1 Å². The number of sulfonamides is 1. The molecule has 2 aliphatic rings. The van der Waals surface area contributed by atoms with E-state index in [4.69, 9.17) is 14.7 Å². The summed E-state index contributed by atoms with van der Waals surface area (Å²) in [4.78, 5) is 16.9. The number of hydroxylamine groups is 1. The number of nitrogens with one attached hydrogen (secondary N) is 1. The molecule has 0 saturated carbocycles. The summed E-state index contributed by atoms with van der Waals surface area (Å²) >= 11 is 0. The Morgan fingerprint density at radius 2 is 2.00 bits per heavy atom. The molecule has 3 rings (SSSR count). The smallest absolute Gasteiger partial charge is 0.266 e. The van der Waals surface area contributed by atoms with Crippen molar-refractivity contribution in [1.29, 1.82) is 0 Å². The maximum absolute atomic E-state index is 13.3. The highest BCUT2D eigenvalue weighted by atomic mass is 35.5. The largest absolute Gasteiger partial charge is 0.381 e. The molecule has 0 aliphatic carbocycles. The average molecular weight is 464 g/mol. The first-order chi connectivity index (χ1) is 13.9. The lowest BCUT2D eigenvalue weighted by Gasteiger charge is -2.40. The van der Waals surface area contributed by atoms with Gasteiger partial charge in [-0.1, -0.05) is 6.07 Å². The third-order valence-electron chi connectivity index (χ3n) is 5.84. The highest BCUT2D eigenvalue weighted by Gasteiger charge is 2.54. The van der Waals surface area contributed by atoms with Gasteiger partial charge in [-0.15, -0.1) is 12.4 Å². The maximum atomic E-state index is 13.3. The highest BCUT2D eigenvalue weighted by molar-refractivity contribution is 7.91. The molecule has 1 amide bonds. The number of nitrogens with zero attached hydrogens (tertiary/aromatic N) is 2. The highest BCUT2D eigenvalue weighted by Crippen LogP contribution is 2.36. The van der Waals surface area contributed by atoms with Gasteiger partial charge in [0.15, 0.2) is 4.75 Å². The Bertz CT molecular complexity index is 791. The van der Waals surface area contributed by atoms with Crippen LogP contribution in [-0.2, 0) is 30.9 Å². The second kappa shape index (κ2) is 10.8. The molecular weight excluding hydrogens is 434 g/mol. The fourth-order valence-electron chi connectivity index (χ4n) is 4.03. The van der Waals surface area contributed by atoms with Gasteiger partial charge >= 0.3 is 0 Å². The minimum Gasteiger partial charge on any atom is -0.381 e. The van der Waals surface area contributed by atoms with Crippen molar-refractivity contribution in [2.75, 3.05) is 32.9 Å². The Hall–Kier alpha value is -1.30. The third-order valence-corrected chi connectivity index (χ3v) is 8.47. The van der Waals surface area contributed by atoms with Crippen molar-refractivity contribution < 1.29 is 27.9 Å². The number of amides is 1. The first kappa shape index (κ1) is 25.0. The number of carbonyl (C=O) groups is 1. The zero-order chi connectivity index (χ0) is 20.9. The van der Waals surface area contributed by atoms with E-state index in [1.165, 1.54) is 4.31 Å². The number of hydrogen-bond acceptors (Lipinski definition) is 7. The zero-order valence-electron chi connectivity index (χ0n) is 17.1. The Kier molecular flexibility index (Phi) is 9.01. The third kappa shape index (κ3) is 4.95. The zero-order valence-corrected chi connectivity index (χ0v) is 18.7. The number of carbonyl (C=O) groups excluding carboxylic acids is 1. The minimum absolute atomic E-state index is 0. The molecule has 2 aliphatic heterocycles. The van der Waals surface area contributed by atoms with Crippen molar-refractivity contribution in [3.05, 3.63) is 29.6 Å². The molecule has 30 heavy (non-hydrogen) atoms. The summed E-state index contributed by atoms with van der Waals surface area (Å²) in [6.45, 7) is 4.09. The van der Waals surface area contributed by atoms with Crippen LogP contribution in [0.4, 0.5) is 0 Å². The van der Waals surface area contributed by atoms with Crippen LogP contribution in [0.2, 0.25) is 0 Å². The van der Waals surface area contributed by atoms with Gasteiger partial charge < -0.3 is 9.47 Å². The van der Waals surface area contributed by atoms with Crippen LogP contribution in [0.15, 0.2) is 18.3 Å². The normalized spacial score (nSPS) is 20.3. The molecule has 2 saturated heterocycles. The van der Waals surface area contributed by atoms with Crippen molar-refractivity contribution in [3.8, 4) is 0 Å². The van der Waals surface area contributed by atoms with Crippen molar-refractivity contribution in [2.45, 2.75) is 49.9 Å². The van der Waals surface area contributed by atoms with E-state index in [2.05, 4.69) is 4.98 Å². The summed E-state index contributed by atoms with van der Waals surface area (Å²) < 4.78 is 37.0. The van der Waals surface area contributed by atoms with Crippen molar-refractivity contribution in [1.82, 2.24) is 14.8 Å². The molecule has 0 unspecified atom stereocenters. The lowest BCUT2D eigenvalue weighted by Crippen LogP contribution is -2.60. The SMILES string of the molecule is CCOCc1ccc(C2CCN(S(=O)(=O)C3(C(=O)NO)CCOCC3)CC2)nc1.Cl. The lowest BCUT2D eigenvalue weighted by atomic mass is 9.94. The van der Waals surface area contributed by atoms with Crippen LogP contribution in [0.25, 0.3) is 0 Å². The standard InChI is InChI=1S/C19H29N3O6S.ClH/c1-2-27-14-15-3-4-17(20-13-15)16-5-9-22(10-6-16)29(25,26)19(18(23)21-24)7-11-28-12-8-19;/h3-4,13,16,24H,2,5-12,14H2,1H3,(H,21,23);1H. The predicted octanol–water partition coefficient (Wildman–Crippen LogP) is 1.60. The van der Waals surface area contributed by atoms with Crippen LogP contribution in [-0.4, -0.2) is 66.5 Å². The molecule has 2 fully saturated rings. The quantitative estimate of drug-likeness (QED) is 0.465. The van der Waals surface area contributed by atoms with E-state index in [0.29, 0.717) is 39.1 Å². The molecule has 170 valence electrons. The molecule has 1 aromatic heterocycles. The Morgan fingerprint density at radius 3 is 2.53 bits per heavy atom. The molecule has 0 aromatic carbocycles. The second-order valence-corrected chi connectivity index (χ2v) is 9.70. The van der Waals surface area contributed by atoms with Gasteiger partial charge in [-0.05, 0) is 31.4 Å². The molecule has 2 N–H and O–H groups in total. The molecule has 0 spiro atoms. The van der Waals surface area contributed by atoms with Crippen LogP contribution in [0.3, 0.4) is 0 Å². The fraction of sp³-hybridized carbons (Fsp3) is 0.684. The number of pyridine rings is 1. The van der Waals surface area contributed by atoms with Crippen LogP contribution >= 0.6 is 12.4 Å². The van der Waals surface area contributed by atoms with Gasteiger partial charge in [0.25, 0.3) is 5.91 Å². The molecule has 3 heterocycles. The number of halogens is 1. The summed E-state index contributed by atoms with van der Waals surface area (Å²) in [6, 6.07) is 3.96. The van der Waals surface area contributed by atoms with E-state index >= 15 is 0 Å². The van der Waals surface area contributed by atoms with E-state index in [0.717, 1.165) is 11.3 Å². The van der Waals surface area contributed by atoms with Gasteiger partial charge in [-0.3, -0.25) is 15.0 Å². The number of aromatic nitrogens is 1. The van der Waals surface area contributed by atoms with Gasteiger partial charge in [-0.25, -0.2) is 18.2 Å². The summed E-state index contributed by atoms with van der Waals surface area (Å²) in [6.07, 6.45) is 3.13. The van der Waals surface area contributed by atoms with Crippen LogP contribution in [0.5, 0.6) is 0 Å². The van der Waals surface area contributed by atoms with E-state index in [1.54, 1.807) is 11.7 Å². The average Bonchev–Trinajstić information content (AvgIpc) is 2.78. The number of rotatable bonds is 7. The predicted molar refractivity (Wildman–Crippen MR) is 112 cm³/mol. The van der Waals surface area contributed by atoms with E-state index in [-0.39, 0.29) is 44.4 Å². The summed E-state index contributed by atoms with van der Waals surface area (Å²) in [5.41, 5.74) is 3.50. The van der Waals surface area contributed by atoms with Crippen molar-refractivity contribution >= 4 is 28.3 Å². The Labute approximate surface area is 183 Å². The van der Waals surface area contributed by atoms with E-state index < -0.39 is 20.7 Å². The molecule has 1 aromatic rings. The van der Waals surface area contributed by atoms with Crippen molar-refractivity contribution in [3.63, 3.8) is 0 Å². The Balaban J connectivity index is 0.00000320. The van der Waals surface area contributed by atoms with Gasteiger partial charge in [-0.2, -0.15) is 0 Å². The summed E-state index contributed by atoms with van der Waals surface area (Å²) in [5.74, 6) is -0.714. The number of ether oxygens (including phenoxy) is 2. The maximum Gasteiger partial charge on any atom is 0.266 e. The topological polar surface area (TPSA) is 118 Å². The summed E-state index contributed by atoms with van der Waals surface area (Å²) in [7, 11) is -3.94. The fourth-order valence-corrected chi connectivity index (χ4v) is 6.18. The second-order valence-electron chi connectivity index (χ2n) is 7.45. The number of piperidine rings is 1. The van der Waals surface area contributed by atoms with Gasteiger partial charge in [0.2, 0.25) is 10.0 Å². The van der Waals surface area contributed by atoms with Crippen LogP contribution in [0.1, 0.15) is 49.8 Å². The Morgan fingerprint density at radius 1 is 1.33 bits per heavy atom. The number of hydrogen-bond donors (Lipinski definition) is 2. The first-order valence-corrected chi connectivity index (χ1v) is 11.4. The minimum atomic E-state index is -3.94. The van der Waals surface area contributed by atoms with Gasteiger partial charge in [0, 0.05) is 63.6 Å². The van der Waals surface area contributed by atoms with Crippen LogP contribution < -0.4 is 5.48 Å². The molecule has 0 atom stereocenters. The van der Waals surface area contributed by atoms with Crippen molar-refractivity contribution in [2.24, 2.45) is 0 Å². The van der Waals surface area contributed by atoms with Gasteiger partial charge in [0.05, 0.1) is 6.61 Å². The molecule has 0 radical (unpaired) electrons.